The van der Waals surface area contributed by atoms with Crippen molar-refractivity contribution in [2.24, 2.45) is 0 Å². The first-order valence-corrected chi connectivity index (χ1v) is 11.3. The highest BCUT2D eigenvalue weighted by Crippen LogP contribution is 2.26. The van der Waals surface area contributed by atoms with Gasteiger partial charge >= 0.3 is 0 Å². The average Bonchev–Trinajstić information content (AvgIpc) is 3.37. The highest BCUT2D eigenvalue weighted by molar-refractivity contribution is 7.89. The van der Waals surface area contributed by atoms with Crippen molar-refractivity contribution in [2.75, 3.05) is 20.2 Å². The van der Waals surface area contributed by atoms with E-state index in [0.29, 0.717) is 13.1 Å². The number of carbonyl (C=O) groups excluding carboxylic acids is 1. The minimum absolute atomic E-state index is 0.0246. The highest BCUT2D eigenvalue weighted by Gasteiger charge is 2.31. The number of ether oxygens (including phenoxy) is 1. The molecule has 0 saturated carbocycles. The number of nitrogens with zero attached hydrogens (tertiary/aromatic N) is 1. The van der Waals surface area contributed by atoms with Crippen LogP contribution in [0.1, 0.15) is 48.1 Å². The van der Waals surface area contributed by atoms with Crippen molar-refractivity contribution >= 4 is 15.9 Å². The normalized spacial score (nSPS) is 16.0. The van der Waals surface area contributed by atoms with Crippen LogP contribution in [0.3, 0.4) is 0 Å². The second-order valence-electron chi connectivity index (χ2n) is 7.40. The van der Waals surface area contributed by atoms with Gasteiger partial charge in [-0.3, -0.25) is 4.79 Å². The summed E-state index contributed by atoms with van der Waals surface area (Å²) < 4.78 is 37.6. The van der Waals surface area contributed by atoms with Gasteiger partial charge in [-0.05, 0) is 57.2 Å². The zero-order valence-corrected chi connectivity index (χ0v) is 17.9. The number of amides is 1. The first kappa shape index (κ1) is 21.4. The molecule has 7 nitrogen and oxygen atoms in total. The van der Waals surface area contributed by atoms with Gasteiger partial charge in [-0.15, -0.1) is 0 Å². The molecule has 1 aliphatic heterocycles. The Bertz CT molecular complexity index is 944. The molecule has 1 aliphatic rings. The van der Waals surface area contributed by atoms with Crippen molar-refractivity contribution in [3.8, 4) is 5.75 Å². The lowest BCUT2D eigenvalue weighted by Gasteiger charge is -2.14. The maximum atomic E-state index is 12.7. The zero-order valence-electron chi connectivity index (χ0n) is 17.1. The van der Waals surface area contributed by atoms with E-state index in [2.05, 4.69) is 5.32 Å². The predicted octanol–water partition coefficient (Wildman–Crippen LogP) is 3.13. The van der Waals surface area contributed by atoms with Crippen LogP contribution in [0.4, 0.5) is 0 Å². The van der Waals surface area contributed by atoms with Crippen molar-refractivity contribution in [3.63, 3.8) is 0 Å². The SMILES string of the molecule is COc1ccc(CCC(C)NC(=O)c2cc(S(=O)(=O)N3CCCC3)c(C)o2)cc1. The van der Waals surface area contributed by atoms with E-state index >= 15 is 0 Å². The topological polar surface area (TPSA) is 88.8 Å². The predicted molar refractivity (Wildman–Crippen MR) is 110 cm³/mol. The summed E-state index contributed by atoms with van der Waals surface area (Å²) >= 11 is 0. The fourth-order valence-corrected chi connectivity index (χ4v) is 5.12. The van der Waals surface area contributed by atoms with Crippen LogP contribution >= 0.6 is 0 Å². The van der Waals surface area contributed by atoms with Crippen molar-refractivity contribution in [3.05, 3.63) is 47.4 Å². The van der Waals surface area contributed by atoms with Gasteiger partial charge in [0.2, 0.25) is 10.0 Å². The molecule has 8 heteroatoms. The number of benzene rings is 1. The van der Waals surface area contributed by atoms with Gasteiger partial charge in [-0.25, -0.2) is 8.42 Å². The van der Waals surface area contributed by atoms with E-state index in [4.69, 9.17) is 9.15 Å². The van der Waals surface area contributed by atoms with Gasteiger partial charge in [-0.1, -0.05) is 12.1 Å². The minimum Gasteiger partial charge on any atom is -0.497 e. The molecule has 0 spiro atoms. The largest absolute Gasteiger partial charge is 0.497 e. The summed E-state index contributed by atoms with van der Waals surface area (Å²) in [5.41, 5.74) is 1.15. The average molecular weight is 421 g/mol. The van der Waals surface area contributed by atoms with Crippen molar-refractivity contribution in [1.29, 1.82) is 0 Å². The Kier molecular flexibility index (Phi) is 6.64. The van der Waals surface area contributed by atoms with Gasteiger partial charge in [0.15, 0.2) is 5.76 Å². The Hall–Kier alpha value is -2.32. The lowest BCUT2D eigenvalue weighted by molar-refractivity contribution is 0.0909. The summed E-state index contributed by atoms with van der Waals surface area (Å²) in [4.78, 5) is 12.6. The van der Waals surface area contributed by atoms with Crippen molar-refractivity contribution in [2.45, 2.75) is 50.5 Å². The van der Waals surface area contributed by atoms with Gasteiger partial charge in [0.05, 0.1) is 7.11 Å². The van der Waals surface area contributed by atoms with Crippen LogP contribution < -0.4 is 10.1 Å². The van der Waals surface area contributed by atoms with Crippen LogP contribution in [-0.2, 0) is 16.4 Å². The van der Waals surface area contributed by atoms with E-state index in [1.54, 1.807) is 14.0 Å². The van der Waals surface area contributed by atoms with Crippen LogP contribution in [0.25, 0.3) is 0 Å². The molecule has 2 heterocycles. The molecular formula is C21H28N2O5S. The zero-order chi connectivity index (χ0) is 21.0. The number of carbonyl (C=O) groups is 1. The molecule has 1 aromatic carbocycles. The lowest BCUT2D eigenvalue weighted by atomic mass is 10.1. The van der Waals surface area contributed by atoms with Gasteiger partial charge < -0.3 is 14.5 Å². The number of aryl methyl sites for hydroxylation is 2. The molecule has 0 aliphatic carbocycles. The number of rotatable bonds is 8. The standard InChI is InChI=1S/C21H28N2O5S/c1-15(6-7-17-8-10-18(27-3)11-9-17)22-21(24)19-14-20(16(2)28-19)29(25,26)23-12-4-5-13-23/h8-11,14-15H,4-7,12-13H2,1-3H3,(H,22,24). The maximum Gasteiger partial charge on any atom is 0.287 e. The third-order valence-electron chi connectivity index (χ3n) is 5.18. The Morgan fingerprint density at radius 1 is 1.24 bits per heavy atom. The number of hydrogen-bond acceptors (Lipinski definition) is 5. The Morgan fingerprint density at radius 2 is 1.90 bits per heavy atom. The van der Waals surface area contributed by atoms with E-state index in [9.17, 15) is 13.2 Å². The number of sulfonamides is 1. The van der Waals surface area contributed by atoms with Crippen LogP contribution in [0.2, 0.25) is 0 Å². The lowest BCUT2D eigenvalue weighted by Crippen LogP contribution is -2.32. The summed E-state index contributed by atoms with van der Waals surface area (Å²) in [6.07, 6.45) is 3.26. The Balaban J connectivity index is 1.60. The van der Waals surface area contributed by atoms with Crippen molar-refractivity contribution in [1.82, 2.24) is 9.62 Å². The van der Waals surface area contributed by atoms with E-state index in [1.165, 1.54) is 10.4 Å². The number of methoxy groups -OCH3 is 1. The molecule has 1 aromatic heterocycles. The minimum atomic E-state index is -3.61. The van der Waals surface area contributed by atoms with E-state index in [0.717, 1.165) is 37.0 Å². The number of nitrogens with one attached hydrogen (secondary N) is 1. The molecule has 158 valence electrons. The number of hydrogen-bond donors (Lipinski definition) is 1. The van der Waals surface area contributed by atoms with Crippen LogP contribution in [0.5, 0.6) is 5.75 Å². The highest BCUT2D eigenvalue weighted by atomic mass is 32.2. The Labute approximate surface area is 172 Å². The summed E-state index contributed by atoms with van der Waals surface area (Å²) in [7, 11) is -1.98. The molecule has 2 aromatic rings. The second-order valence-corrected chi connectivity index (χ2v) is 9.31. The molecule has 29 heavy (non-hydrogen) atoms. The first-order valence-electron chi connectivity index (χ1n) is 9.85. The molecule has 1 unspecified atom stereocenters. The first-order chi connectivity index (χ1) is 13.8. The third kappa shape index (κ3) is 5.00. The summed E-state index contributed by atoms with van der Waals surface area (Å²) in [5, 5.41) is 2.88. The van der Waals surface area contributed by atoms with E-state index in [1.807, 2.05) is 31.2 Å². The van der Waals surface area contributed by atoms with E-state index in [-0.39, 0.29) is 22.5 Å². The molecule has 0 radical (unpaired) electrons. The molecule has 1 N–H and O–H groups in total. The van der Waals surface area contributed by atoms with Crippen molar-refractivity contribution < 1.29 is 22.4 Å². The summed E-state index contributed by atoms with van der Waals surface area (Å²) in [6, 6.07) is 9.07. The van der Waals surface area contributed by atoms with Gasteiger partial charge in [0.1, 0.15) is 16.4 Å². The van der Waals surface area contributed by atoms with Gasteiger partial charge in [-0.2, -0.15) is 4.31 Å². The molecule has 3 rings (SSSR count). The Morgan fingerprint density at radius 3 is 2.52 bits per heavy atom. The fourth-order valence-electron chi connectivity index (χ4n) is 3.44. The smallest absolute Gasteiger partial charge is 0.287 e. The maximum absolute atomic E-state index is 12.7. The molecule has 1 saturated heterocycles. The monoisotopic (exact) mass is 420 g/mol. The molecule has 0 bridgehead atoms. The fraction of sp³-hybridized carbons (Fsp3) is 0.476. The summed E-state index contributed by atoms with van der Waals surface area (Å²) in [5.74, 6) is 0.672. The van der Waals surface area contributed by atoms with Gasteiger partial charge in [0, 0.05) is 25.2 Å². The second kappa shape index (κ2) is 9.00. The number of furan rings is 1. The van der Waals surface area contributed by atoms with E-state index < -0.39 is 15.9 Å². The van der Waals surface area contributed by atoms with Crippen LogP contribution in [0.15, 0.2) is 39.6 Å². The molecule has 1 atom stereocenters. The molecule has 1 amide bonds. The molecule has 1 fully saturated rings. The molecular weight excluding hydrogens is 392 g/mol. The summed E-state index contributed by atoms with van der Waals surface area (Å²) in [6.45, 7) is 4.51. The quantitative estimate of drug-likeness (QED) is 0.709. The van der Waals surface area contributed by atoms with Gasteiger partial charge in [0.25, 0.3) is 5.91 Å². The van der Waals surface area contributed by atoms with Crippen LogP contribution in [0, 0.1) is 6.92 Å². The third-order valence-corrected chi connectivity index (χ3v) is 7.19. The van der Waals surface area contributed by atoms with Crippen LogP contribution in [-0.4, -0.2) is 44.9 Å².